The van der Waals surface area contributed by atoms with Crippen molar-refractivity contribution >= 4 is 27.5 Å². The van der Waals surface area contributed by atoms with Crippen LogP contribution in [-0.2, 0) is 11.2 Å². The van der Waals surface area contributed by atoms with Gasteiger partial charge in [0.25, 0.3) is 0 Å². The summed E-state index contributed by atoms with van der Waals surface area (Å²) in [6.07, 6.45) is -1.17. The molecule has 5 unspecified atom stereocenters. The van der Waals surface area contributed by atoms with Crippen LogP contribution in [0.1, 0.15) is 22.6 Å². The van der Waals surface area contributed by atoms with Gasteiger partial charge in [0, 0.05) is 55.1 Å². The van der Waals surface area contributed by atoms with Crippen molar-refractivity contribution < 1.29 is 19.7 Å². The second-order valence-corrected chi connectivity index (χ2v) is 11.8. The summed E-state index contributed by atoms with van der Waals surface area (Å²) in [5, 5.41) is 25.4. The van der Waals surface area contributed by atoms with Crippen LogP contribution >= 0.6 is 27.5 Å². The number of halogens is 2. The van der Waals surface area contributed by atoms with Crippen LogP contribution in [0.2, 0.25) is 5.15 Å². The molecule has 38 heavy (non-hydrogen) atoms. The van der Waals surface area contributed by atoms with Crippen molar-refractivity contribution in [3.63, 3.8) is 0 Å². The van der Waals surface area contributed by atoms with Gasteiger partial charge < -0.3 is 29.5 Å². The van der Waals surface area contributed by atoms with Crippen molar-refractivity contribution in [1.29, 1.82) is 0 Å². The van der Waals surface area contributed by atoms with Crippen molar-refractivity contribution in [1.82, 2.24) is 14.8 Å². The quantitative estimate of drug-likeness (QED) is 0.429. The zero-order valence-electron chi connectivity index (χ0n) is 21.3. The zero-order chi connectivity index (χ0) is 26.7. The molecule has 2 aliphatic heterocycles. The lowest BCUT2D eigenvalue weighted by atomic mass is 9.71. The van der Waals surface area contributed by atoms with Gasteiger partial charge in [0.1, 0.15) is 10.9 Å². The number of piperazine rings is 1. The molecule has 1 aromatic heterocycles. The molecule has 3 aliphatic rings. The number of pyridine rings is 1. The highest BCUT2D eigenvalue weighted by Crippen LogP contribution is 2.69. The molecule has 0 amide bonds. The van der Waals surface area contributed by atoms with E-state index in [0.717, 1.165) is 41.8 Å². The molecular weight excluding hydrogens is 570 g/mol. The molecule has 3 heterocycles. The Kier molecular flexibility index (Phi) is 6.69. The third-order valence-corrected chi connectivity index (χ3v) is 9.25. The highest BCUT2D eigenvalue weighted by atomic mass is 79.9. The number of likely N-dealkylation sites (N-methyl/N-ethyl adjacent to an activating group) is 1. The molecule has 2 fully saturated rings. The van der Waals surface area contributed by atoms with Crippen molar-refractivity contribution in [3.05, 3.63) is 87.0 Å². The van der Waals surface area contributed by atoms with Gasteiger partial charge in [-0.05, 0) is 30.3 Å². The monoisotopic (exact) mass is 599 g/mol. The molecular formula is C29H31BrClN3O4. The van der Waals surface area contributed by atoms with Crippen LogP contribution < -0.4 is 9.47 Å². The lowest BCUT2D eigenvalue weighted by Crippen LogP contribution is -2.52. The standard InChI is InChI=1S/C29H31BrClN3O4/c1-33-12-14-34(15-13-33)17-21-24(18-6-4-3-5-7-18)29(19-8-10-20(30)11-9-19)28(36,26(21)35)25-22(38-29)16-23(31)32-27(25)37-2/h3-11,16,21,24,26,35-36H,12-15,17H2,1-2H3. The summed E-state index contributed by atoms with van der Waals surface area (Å²) >= 11 is 9.89. The van der Waals surface area contributed by atoms with Crippen LogP contribution in [0.3, 0.4) is 0 Å². The maximum absolute atomic E-state index is 12.9. The lowest BCUT2D eigenvalue weighted by Gasteiger charge is -2.41. The number of aliphatic hydroxyl groups is 2. The van der Waals surface area contributed by atoms with E-state index in [2.05, 4.69) is 49.9 Å². The topological polar surface area (TPSA) is 78.3 Å². The number of nitrogens with zero attached hydrogens (tertiary/aromatic N) is 3. The van der Waals surface area contributed by atoms with Crippen LogP contribution in [0.4, 0.5) is 0 Å². The Bertz CT molecular complexity index is 1320. The molecule has 5 atom stereocenters. The summed E-state index contributed by atoms with van der Waals surface area (Å²) < 4.78 is 13.4. The molecule has 0 bridgehead atoms. The van der Waals surface area contributed by atoms with Crippen LogP contribution in [0.5, 0.6) is 11.6 Å². The molecule has 1 saturated carbocycles. The summed E-state index contributed by atoms with van der Waals surface area (Å²) in [6, 6.07) is 19.4. The summed E-state index contributed by atoms with van der Waals surface area (Å²) in [7, 11) is 3.61. The molecule has 0 spiro atoms. The van der Waals surface area contributed by atoms with Gasteiger partial charge in [-0.3, -0.25) is 0 Å². The summed E-state index contributed by atoms with van der Waals surface area (Å²) in [4.78, 5) is 9.04. The highest BCUT2D eigenvalue weighted by Gasteiger charge is 2.77. The van der Waals surface area contributed by atoms with Gasteiger partial charge in [0.05, 0.1) is 18.8 Å². The number of rotatable bonds is 5. The lowest BCUT2D eigenvalue weighted by molar-refractivity contribution is -0.152. The van der Waals surface area contributed by atoms with Gasteiger partial charge in [-0.1, -0.05) is 70.0 Å². The molecule has 9 heteroatoms. The van der Waals surface area contributed by atoms with Crippen molar-refractivity contribution in [2.24, 2.45) is 5.92 Å². The number of hydrogen-bond donors (Lipinski definition) is 2. The van der Waals surface area contributed by atoms with E-state index >= 15 is 0 Å². The predicted molar refractivity (Wildman–Crippen MR) is 149 cm³/mol. The first kappa shape index (κ1) is 26.0. The molecule has 2 aromatic carbocycles. The molecule has 7 nitrogen and oxygen atoms in total. The van der Waals surface area contributed by atoms with Crippen molar-refractivity contribution in [2.45, 2.75) is 23.2 Å². The average Bonchev–Trinajstić information content (AvgIpc) is 3.28. The van der Waals surface area contributed by atoms with Gasteiger partial charge in [-0.2, -0.15) is 0 Å². The highest BCUT2D eigenvalue weighted by molar-refractivity contribution is 9.10. The zero-order valence-corrected chi connectivity index (χ0v) is 23.7. The fraction of sp³-hybridized carbons (Fsp3) is 0.414. The Morgan fingerprint density at radius 2 is 1.79 bits per heavy atom. The van der Waals surface area contributed by atoms with Crippen molar-refractivity contribution in [2.75, 3.05) is 46.9 Å². The first-order valence-corrected chi connectivity index (χ1v) is 14.0. The first-order chi connectivity index (χ1) is 18.3. The predicted octanol–water partition coefficient (Wildman–Crippen LogP) is 4.00. The molecule has 3 aromatic rings. The van der Waals surface area contributed by atoms with Crippen LogP contribution in [0.25, 0.3) is 0 Å². The van der Waals surface area contributed by atoms with E-state index in [0.29, 0.717) is 17.9 Å². The number of ether oxygens (including phenoxy) is 2. The largest absolute Gasteiger partial charge is 0.481 e. The third kappa shape index (κ3) is 3.80. The Hall–Kier alpha value is -2.20. The maximum atomic E-state index is 12.9. The van der Waals surface area contributed by atoms with Crippen molar-refractivity contribution in [3.8, 4) is 11.6 Å². The number of aliphatic hydroxyl groups excluding tert-OH is 1. The Morgan fingerprint density at radius 3 is 2.45 bits per heavy atom. The maximum Gasteiger partial charge on any atom is 0.224 e. The third-order valence-electron chi connectivity index (χ3n) is 8.53. The molecule has 200 valence electrons. The average molecular weight is 601 g/mol. The van der Waals surface area contributed by atoms with E-state index in [1.807, 2.05) is 42.5 Å². The van der Waals surface area contributed by atoms with Gasteiger partial charge in [0.15, 0.2) is 11.2 Å². The molecule has 6 rings (SSSR count). The second kappa shape index (κ2) is 9.77. The van der Waals surface area contributed by atoms with Gasteiger partial charge in [-0.25, -0.2) is 4.98 Å². The Morgan fingerprint density at radius 1 is 1.11 bits per heavy atom. The minimum Gasteiger partial charge on any atom is -0.481 e. The van der Waals surface area contributed by atoms with E-state index in [1.165, 1.54) is 7.11 Å². The van der Waals surface area contributed by atoms with Crippen LogP contribution in [0, 0.1) is 5.92 Å². The molecule has 0 radical (unpaired) electrons. The number of benzene rings is 2. The Balaban J connectivity index is 1.60. The fourth-order valence-electron chi connectivity index (χ4n) is 6.78. The number of hydrogen-bond acceptors (Lipinski definition) is 7. The SMILES string of the molecule is COc1nc(Cl)cc2c1C1(O)C(O)C(CN3CCN(C)CC3)C(c3ccccc3)C1(c1ccc(Br)cc1)O2. The second-order valence-electron chi connectivity index (χ2n) is 10.5. The van der Waals surface area contributed by atoms with E-state index in [9.17, 15) is 10.2 Å². The summed E-state index contributed by atoms with van der Waals surface area (Å²) in [5.41, 5.74) is -1.13. The number of fused-ring (bicyclic) bond motifs is 3. The van der Waals surface area contributed by atoms with Crippen LogP contribution in [0.15, 0.2) is 65.1 Å². The smallest absolute Gasteiger partial charge is 0.224 e. The number of aromatic nitrogens is 1. The summed E-state index contributed by atoms with van der Waals surface area (Å²) in [5.74, 6) is -0.214. The van der Waals surface area contributed by atoms with Gasteiger partial charge >= 0.3 is 0 Å². The minimum atomic E-state index is -1.85. The molecule has 1 saturated heterocycles. The van der Waals surface area contributed by atoms with Gasteiger partial charge in [-0.15, -0.1) is 0 Å². The normalized spacial score (nSPS) is 31.1. The summed E-state index contributed by atoms with van der Waals surface area (Å²) in [6.45, 7) is 4.30. The number of methoxy groups -OCH3 is 1. The minimum absolute atomic E-state index is 0.153. The van der Waals surface area contributed by atoms with E-state index in [-0.39, 0.29) is 22.9 Å². The molecule has 2 N–H and O–H groups in total. The van der Waals surface area contributed by atoms with Crippen LogP contribution in [-0.4, -0.2) is 78.0 Å². The van der Waals surface area contributed by atoms with Gasteiger partial charge in [0.2, 0.25) is 5.88 Å². The van der Waals surface area contributed by atoms with E-state index in [4.69, 9.17) is 21.1 Å². The fourth-order valence-corrected chi connectivity index (χ4v) is 7.22. The first-order valence-electron chi connectivity index (χ1n) is 12.9. The van der Waals surface area contributed by atoms with E-state index < -0.39 is 17.3 Å². The van der Waals surface area contributed by atoms with E-state index in [1.54, 1.807) is 6.07 Å². The molecule has 1 aliphatic carbocycles. The Labute approximate surface area is 236 Å².